The van der Waals surface area contributed by atoms with E-state index in [2.05, 4.69) is 19.2 Å². The van der Waals surface area contributed by atoms with Gasteiger partial charge in [-0.05, 0) is 61.2 Å². The summed E-state index contributed by atoms with van der Waals surface area (Å²) in [7, 11) is 0. The third kappa shape index (κ3) is 5.34. The highest BCUT2D eigenvalue weighted by Gasteiger charge is 2.11. The Bertz CT molecular complexity index is 766. The van der Waals surface area contributed by atoms with E-state index in [1.54, 1.807) is 31.2 Å². The number of benzene rings is 2. The molecule has 2 rings (SSSR count). The van der Waals surface area contributed by atoms with Crippen LogP contribution < -0.4 is 10.1 Å². The minimum absolute atomic E-state index is 0.0806. The van der Waals surface area contributed by atoms with Crippen molar-refractivity contribution in [2.24, 2.45) is 0 Å². The number of hydrogen-bond acceptors (Lipinski definition) is 4. The Morgan fingerprint density at radius 1 is 1.08 bits per heavy atom. The van der Waals surface area contributed by atoms with Crippen molar-refractivity contribution in [3.8, 4) is 5.75 Å². The van der Waals surface area contributed by atoms with Crippen molar-refractivity contribution in [1.29, 1.82) is 0 Å². The van der Waals surface area contributed by atoms with Gasteiger partial charge in [0.25, 0.3) is 5.91 Å². The van der Waals surface area contributed by atoms with Crippen molar-refractivity contribution in [1.82, 2.24) is 0 Å². The van der Waals surface area contributed by atoms with Gasteiger partial charge in [-0.3, -0.25) is 4.79 Å². The summed E-state index contributed by atoms with van der Waals surface area (Å²) in [5.74, 6) is 0.399. The minimum atomic E-state index is -0.380. The number of anilines is 1. The highest BCUT2D eigenvalue weighted by atomic mass is 16.5. The number of amides is 1. The first kappa shape index (κ1) is 19.5. The summed E-state index contributed by atoms with van der Waals surface area (Å²) in [5.41, 5.74) is 3.20. The summed E-state index contributed by atoms with van der Waals surface area (Å²) in [5, 5.41) is 2.76. The average Bonchev–Trinajstić information content (AvgIpc) is 2.60. The number of carbonyl (C=O) groups excluding carboxylic acids is 2. The number of nitrogens with one attached hydrogen (secondary N) is 1. The Balaban J connectivity index is 1.95. The van der Waals surface area contributed by atoms with E-state index in [1.807, 2.05) is 25.1 Å². The van der Waals surface area contributed by atoms with Gasteiger partial charge in [-0.25, -0.2) is 4.79 Å². The molecule has 0 spiro atoms. The second-order valence-electron chi connectivity index (χ2n) is 6.33. The minimum Gasteiger partial charge on any atom is -0.483 e. The van der Waals surface area contributed by atoms with Crippen LogP contribution >= 0.6 is 0 Å². The van der Waals surface area contributed by atoms with Crippen molar-refractivity contribution in [3.63, 3.8) is 0 Å². The fourth-order valence-corrected chi connectivity index (χ4v) is 2.49. The monoisotopic (exact) mass is 355 g/mol. The van der Waals surface area contributed by atoms with Crippen molar-refractivity contribution in [2.75, 3.05) is 18.5 Å². The average molecular weight is 355 g/mol. The number of aryl methyl sites for hydroxylation is 1. The fourth-order valence-electron chi connectivity index (χ4n) is 2.49. The first-order chi connectivity index (χ1) is 12.4. The van der Waals surface area contributed by atoms with E-state index in [1.165, 1.54) is 0 Å². The molecule has 0 saturated heterocycles. The molecule has 0 aromatic heterocycles. The maximum atomic E-state index is 12.1. The zero-order valence-electron chi connectivity index (χ0n) is 15.7. The standard InChI is InChI=1S/C21H25NO4/c1-5-25-21(24)16-7-9-17(10-8-16)22-20(23)13-26-19-12-15(4)6-11-18(19)14(2)3/h6-12,14H,5,13H2,1-4H3,(H,22,23). The Hall–Kier alpha value is -2.82. The molecule has 26 heavy (non-hydrogen) atoms. The molecule has 0 saturated carbocycles. The lowest BCUT2D eigenvalue weighted by Gasteiger charge is -2.15. The zero-order chi connectivity index (χ0) is 19.1. The summed E-state index contributed by atoms with van der Waals surface area (Å²) >= 11 is 0. The number of esters is 1. The van der Waals surface area contributed by atoms with E-state index in [9.17, 15) is 9.59 Å². The van der Waals surface area contributed by atoms with Crippen LogP contribution in [0.2, 0.25) is 0 Å². The maximum absolute atomic E-state index is 12.1. The van der Waals surface area contributed by atoms with E-state index in [0.29, 0.717) is 23.8 Å². The van der Waals surface area contributed by atoms with E-state index < -0.39 is 0 Å². The van der Waals surface area contributed by atoms with Crippen LogP contribution in [0.3, 0.4) is 0 Å². The summed E-state index contributed by atoms with van der Waals surface area (Å²) in [6.45, 7) is 8.16. The van der Waals surface area contributed by atoms with Gasteiger partial charge in [-0.15, -0.1) is 0 Å². The third-order valence-electron chi connectivity index (χ3n) is 3.83. The molecule has 2 aromatic carbocycles. The van der Waals surface area contributed by atoms with Gasteiger partial charge in [-0.2, -0.15) is 0 Å². The van der Waals surface area contributed by atoms with Gasteiger partial charge in [0.2, 0.25) is 0 Å². The number of rotatable bonds is 7. The third-order valence-corrected chi connectivity index (χ3v) is 3.83. The van der Waals surface area contributed by atoms with Crippen molar-refractivity contribution >= 4 is 17.6 Å². The predicted octanol–water partition coefficient (Wildman–Crippen LogP) is 4.31. The van der Waals surface area contributed by atoms with Crippen LogP contribution in [-0.2, 0) is 9.53 Å². The van der Waals surface area contributed by atoms with E-state index >= 15 is 0 Å². The van der Waals surface area contributed by atoms with Gasteiger partial charge >= 0.3 is 5.97 Å². The largest absolute Gasteiger partial charge is 0.483 e. The van der Waals surface area contributed by atoms with Gasteiger partial charge in [0, 0.05) is 5.69 Å². The number of carbonyl (C=O) groups is 2. The molecule has 2 aromatic rings. The predicted molar refractivity (Wildman–Crippen MR) is 102 cm³/mol. The number of hydrogen-bond donors (Lipinski definition) is 1. The Morgan fingerprint density at radius 2 is 1.77 bits per heavy atom. The van der Waals surface area contributed by atoms with Crippen LogP contribution in [0, 0.1) is 6.92 Å². The highest BCUT2D eigenvalue weighted by Crippen LogP contribution is 2.27. The van der Waals surface area contributed by atoms with Gasteiger partial charge in [0.05, 0.1) is 12.2 Å². The molecule has 0 aliphatic carbocycles. The maximum Gasteiger partial charge on any atom is 0.338 e. The van der Waals surface area contributed by atoms with E-state index in [-0.39, 0.29) is 18.5 Å². The summed E-state index contributed by atoms with van der Waals surface area (Å²) in [6.07, 6.45) is 0. The van der Waals surface area contributed by atoms with Gasteiger partial charge in [-0.1, -0.05) is 26.0 Å². The molecule has 0 heterocycles. The molecule has 0 bridgehead atoms. The SMILES string of the molecule is CCOC(=O)c1ccc(NC(=O)COc2cc(C)ccc2C(C)C)cc1. The molecule has 138 valence electrons. The Labute approximate surface area is 154 Å². The summed E-state index contributed by atoms with van der Waals surface area (Å²) < 4.78 is 10.7. The number of ether oxygens (including phenoxy) is 2. The summed E-state index contributed by atoms with van der Waals surface area (Å²) in [4.78, 5) is 23.8. The van der Waals surface area contributed by atoms with Crippen LogP contribution in [-0.4, -0.2) is 25.1 Å². The molecule has 5 nitrogen and oxygen atoms in total. The topological polar surface area (TPSA) is 64.6 Å². The molecule has 0 radical (unpaired) electrons. The molecule has 0 atom stereocenters. The van der Waals surface area contributed by atoms with Crippen LogP contribution in [0.5, 0.6) is 5.75 Å². The lowest BCUT2D eigenvalue weighted by atomic mass is 10.0. The molecular formula is C21H25NO4. The second kappa shape index (κ2) is 9.04. The first-order valence-corrected chi connectivity index (χ1v) is 8.71. The van der Waals surface area contributed by atoms with Crippen molar-refractivity contribution < 1.29 is 19.1 Å². The molecule has 1 N–H and O–H groups in total. The van der Waals surface area contributed by atoms with Crippen molar-refractivity contribution in [3.05, 3.63) is 59.2 Å². The molecular weight excluding hydrogens is 330 g/mol. The van der Waals surface area contributed by atoms with E-state index in [0.717, 1.165) is 16.9 Å². The fraction of sp³-hybridized carbons (Fsp3) is 0.333. The van der Waals surface area contributed by atoms with Gasteiger partial charge in [0.15, 0.2) is 6.61 Å². The quantitative estimate of drug-likeness (QED) is 0.752. The molecule has 0 unspecified atom stereocenters. The van der Waals surface area contributed by atoms with Crippen LogP contribution in [0.15, 0.2) is 42.5 Å². The zero-order valence-corrected chi connectivity index (χ0v) is 15.7. The van der Waals surface area contributed by atoms with E-state index in [4.69, 9.17) is 9.47 Å². The summed E-state index contributed by atoms with van der Waals surface area (Å²) in [6, 6.07) is 12.6. The second-order valence-corrected chi connectivity index (χ2v) is 6.33. The van der Waals surface area contributed by atoms with Gasteiger partial charge in [0.1, 0.15) is 5.75 Å². The smallest absolute Gasteiger partial charge is 0.338 e. The normalized spacial score (nSPS) is 10.5. The molecule has 5 heteroatoms. The van der Waals surface area contributed by atoms with Crippen LogP contribution in [0.4, 0.5) is 5.69 Å². The molecule has 0 aliphatic heterocycles. The first-order valence-electron chi connectivity index (χ1n) is 8.71. The van der Waals surface area contributed by atoms with Gasteiger partial charge < -0.3 is 14.8 Å². The highest BCUT2D eigenvalue weighted by molar-refractivity contribution is 5.93. The molecule has 0 aliphatic rings. The molecule has 0 fully saturated rings. The Morgan fingerprint density at radius 3 is 2.38 bits per heavy atom. The van der Waals surface area contributed by atoms with Crippen molar-refractivity contribution in [2.45, 2.75) is 33.6 Å². The lowest BCUT2D eigenvalue weighted by Crippen LogP contribution is -2.20. The molecule has 1 amide bonds. The lowest BCUT2D eigenvalue weighted by molar-refractivity contribution is -0.118. The van der Waals surface area contributed by atoms with Crippen LogP contribution in [0.25, 0.3) is 0 Å². The Kier molecular flexibility index (Phi) is 6.78. The van der Waals surface area contributed by atoms with Crippen LogP contribution in [0.1, 0.15) is 48.2 Å².